The van der Waals surface area contributed by atoms with Crippen LogP contribution in [0.25, 0.3) is 0 Å². The number of carboxylic acid groups (broad SMARTS) is 2. The molecule has 30 heavy (non-hydrogen) atoms. The Morgan fingerprint density at radius 2 is 1.77 bits per heavy atom. The van der Waals surface area contributed by atoms with Crippen LogP contribution in [0.15, 0.2) is 30.3 Å². The fourth-order valence-corrected chi connectivity index (χ4v) is 2.71. The summed E-state index contributed by atoms with van der Waals surface area (Å²) < 4.78 is 0. The average Bonchev–Trinajstić information content (AvgIpc) is 2.69. The maximum Gasteiger partial charge on any atom is 0.402 e. The topological polar surface area (TPSA) is 193 Å². The van der Waals surface area contributed by atoms with Crippen molar-refractivity contribution in [2.45, 2.75) is 37.6 Å². The summed E-state index contributed by atoms with van der Waals surface area (Å²) in [6, 6.07) is 5.37. The molecule has 0 saturated carbocycles. The first-order chi connectivity index (χ1) is 14.1. The van der Waals surface area contributed by atoms with Crippen LogP contribution >= 0.6 is 12.6 Å². The molecule has 0 aliphatic heterocycles. The summed E-state index contributed by atoms with van der Waals surface area (Å²) in [5, 5.41) is 31.6. The molecule has 13 heteroatoms. The van der Waals surface area contributed by atoms with Gasteiger partial charge in [0, 0.05) is 12.2 Å². The maximum absolute atomic E-state index is 12.9. The second kappa shape index (κ2) is 11.7. The zero-order chi connectivity index (χ0) is 22.8. The van der Waals surface area contributed by atoms with Gasteiger partial charge < -0.3 is 21.3 Å². The summed E-state index contributed by atoms with van der Waals surface area (Å²) in [7, 11) is 0. The van der Waals surface area contributed by atoms with Crippen LogP contribution in [0.3, 0.4) is 0 Å². The van der Waals surface area contributed by atoms with E-state index in [1.807, 2.05) is 0 Å². The SMILES string of the molecule is NC(CCC(=O)NC(CS)C(=O)N(Cc1ccccc1)C(C(=O)O)[N+](=O)[O-])C(=O)O. The minimum Gasteiger partial charge on any atom is -0.480 e. The molecule has 0 saturated heterocycles. The molecule has 0 bridgehead atoms. The van der Waals surface area contributed by atoms with Gasteiger partial charge in [-0.25, -0.2) is 4.79 Å². The third-order valence-corrected chi connectivity index (χ3v) is 4.38. The molecule has 1 rings (SSSR count). The van der Waals surface area contributed by atoms with Crippen molar-refractivity contribution >= 4 is 36.4 Å². The van der Waals surface area contributed by atoms with E-state index >= 15 is 0 Å². The number of carbonyl (C=O) groups excluding carboxylic acids is 2. The molecular formula is C17H22N4O8S. The van der Waals surface area contributed by atoms with E-state index < -0.39 is 46.9 Å². The number of hydrogen-bond acceptors (Lipinski definition) is 8. The normalized spacial score (nSPS) is 13.5. The van der Waals surface area contributed by atoms with Gasteiger partial charge in [-0.15, -0.1) is 0 Å². The van der Waals surface area contributed by atoms with E-state index in [2.05, 4.69) is 17.9 Å². The minimum absolute atomic E-state index is 0.199. The molecule has 1 aromatic rings. The van der Waals surface area contributed by atoms with E-state index in [9.17, 15) is 34.4 Å². The molecule has 0 fully saturated rings. The lowest BCUT2D eigenvalue weighted by molar-refractivity contribution is -0.533. The molecular weight excluding hydrogens is 420 g/mol. The highest BCUT2D eigenvalue weighted by atomic mass is 32.1. The van der Waals surface area contributed by atoms with Gasteiger partial charge in [0.1, 0.15) is 12.1 Å². The van der Waals surface area contributed by atoms with Crippen molar-refractivity contribution in [3.8, 4) is 0 Å². The fourth-order valence-electron chi connectivity index (χ4n) is 2.46. The number of hydrogen-bond donors (Lipinski definition) is 5. The standard InChI is InChI=1S/C17H22N4O8S/c18-11(16(24)25)6-7-13(22)19-12(9-30)15(23)20(14(17(26)27)21(28)29)8-10-4-2-1-3-5-10/h1-5,11-12,14,30H,6-9,18H2,(H,19,22)(H,24,25)(H,26,27). The van der Waals surface area contributed by atoms with Gasteiger partial charge in [0.2, 0.25) is 5.91 Å². The van der Waals surface area contributed by atoms with E-state index in [0.29, 0.717) is 10.5 Å². The monoisotopic (exact) mass is 442 g/mol. The Kier molecular flexibility index (Phi) is 9.71. The molecule has 3 atom stereocenters. The van der Waals surface area contributed by atoms with Gasteiger partial charge in [0.15, 0.2) is 0 Å². The average molecular weight is 442 g/mol. The van der Waals surface area contributed by atoms with E-state index in [1.54, 1.807) is 30.3 Å². The third kappa shape index (κ3) is 7.33. The Hall–Kier alpha value is -3.19. The Balaban J connectivity index is 3.03. The lowest BCUT2D eigenvalue weighted by Crippen LogP contribution is -2.56. The maximum atomic E-state index is 12.9. The number of carbonyl (C=O) groups is 4. The Morgan fingerprint density at radius 3 is 2.23 bits per heavy atom. The number of aliphatic carboxylic acids is 2. The zero-order valence-corrected chi connectivity index (χ0v) is 16.6. The summed E-state index contributed by atoms with van der Waals surface area (Å²) in [5.41, 5.74) is 5.76. The summed E-state index contributed by atoms with van der Waals surface area (Å²) in [5.74, 6) is -5.17. The van der Waals surface area contributed by atoms with Gasteiger partial charge in [-0.1, -0.05) is 30.3 Å². The van der Waals surface area contributed by atoms with Crippen LogP contribution in [-0.2, 0) is 25.7 Å². The Bertz CT molecular complexity index is 777. The number of rotatable bonds is 12. The molecule has 0 radical (unpaired) electrons. The number of nitrogens with two attached hydrogens (primary N) is 1. The van der Waals surface area contributed by atoms with Crippen LogP contribution in [0, 0.1) is 10.1 Å². The van der Waals surface area contributed by atoms with Crippen molar-refractivity contribution in [1.82, 2.24) is 10.2 Å². The Labute approximate surface area is 176 Å². The fraction of sp³-hybridized carbons (Fsp3) is 0.412. The number of benzene rings is 1. The van der Waals surface area contributed by atoms with Crippen LogP contribution in [0.1, 0.15) is 18.4 Å². The molecule has 0 aromatic heterocycles. The molecule has 0 aliphatic carbocycles. The summed E-state index contributed by atoms with van der Waals surface area (Å²) >= 11 is 3.97. The van der Waals surface area contributed by atoms with Crippen molar-refractivity contribution in [2.24, 2.45) is 5.73 Å². The summed E-state index contributed by atoms with van der Waals surface area (Å²) in [6.45, 7) is -0.387. The first kappa shape index (κ1) is 24.8. The highest BCUT2D eigenvalue weighted by molar-refractivity contribution is 7.80. The molecule has 1 aromatic carbocycles. The first-order valence-corrected chi connectivity index (χ1v) is 9.31. The second-order valence-corrected chi connectivity index (χ2v) is 6.60. The minimum atomic E-state index is -2.38. The molecule has 3 unspecified atom stereocenters. The van der Waals surface area contributed by atoms with Crippen LogP contribution in [0.5, 0.6) is 0 Å². The van der Waals surface area contributed by atoms with Crippen LogP contribution < -0.4 is 11.1 Å². The van der Waals surface area contributed by atoms with Gasteiger partial charge in [0.25, 0.3) is 5.91 Å². The van der Waals surface area contributed by atoms with Crippen LogP contribution in [0.2, 0.25) is 0 Å². The Morgan fingerprint density at radius 1 is 1.17 bits per heavy atom. The van der Waals surface area contributed by atoms with E-state index in [-0.39, 0.29) is 25.1 Å². The molecule has 12 nitrogen and oxygen atoms in total. The van der Waals surface area contributed by atoms with Gasteiger partial charge >= 0.3 is 18.1 Å². The van der Waals surface area contributed by atoms with Crippen LogP contribution in [-0.4, -0.2) is 67.8 Å². The van der Waals surface area contributed by atoms with Crippen LogP contribution in [0.4, 0.5) is 0 Å². The molecule has 0 heterocycles. The highest BCUT2D eigenvalue weighted by Gasteiger charge is 2.42. The quantitative estimate of drug-likeness (QED) is 0.120. The largest absolute Gasteiger partial charge is 0.480 e. The predicted molar refractivity (Wildman–Crippen MR) is 106 cm³/mol. The molecule has 0 aliphatic rings. The number of thiol groups is 1. The van der Waals surface area contributed by atoms with Crippen molar-refractivity contribution in [3.05, 3.63) is 46.0 Å². The van der Waals surface area contributed by atoms with Gasteiger partial charge in [-0.2, -0.15) is 12.6 Å². The molecule has 5 N–H and O–H groups in total. The number of carboxylic acids is 2. The second-order valence-electron chi connectivity index (χ2n) is 6.24. The number of nitrogens with zero attached hydrogens (tertiary/aromatic N) is 2. The van der Waals surface area contributed by atoms with Crippen molar-refractivity contribution in [2.75, 3.05) is 5.75 Å². The molecule has 0 spiro atoms. The van der Waals surface area contributed by atoms with E-state index in [1.165, 1.54) is 0 Å². The molecule has 2 amide bonds. The van der Waals surface area contributed by atoms with Crippen molar-refractivity contribution in [3.63, 3.8) is 0 Å². The number of nitro groups is 1. The lowest BCUT2D eigenvalue weighted by atomic mass is 10.1. The molecule has 164 valence electrons. The van der Waals surface area contributed by atoms with E-state index in [4.69, 9.17) is 10.8 Å². The van der Waals surface area contributed by atoms with Gasteiger partial charge in [-0.3, -0.25) is 29.4 Å². The van der Waals surface area contributed by atoms with Crippen molar-refractivity contribution < 1.29 is 34.3 Å². The number of amides is 2. The summed E-state index contributed by atoms with van der Waals surface area (Å²) in [4.78, 5) is 57.8. The predicted octanol–water partition coefficient (Wildman–Crippen LogP) is -0.691. The van der Waals surface area contributed by atoms with Crippen molar-refractivity contribution in [1.29, 1.82) is 0 Å². The zero-order valence-electron chi connectivity index (χ0n) is 15.7. The third-order valence-electron chi connectivity index (χ3n) is 4.01. The van der Waals surface area contributed by atoms with Gasteiger partial charge in [0.05, 0.1) is 11.5 Å². The van der Waals surface area contributed by atoms with Gasteiger partial charge in [-0.05, 0) is 12.0 Å². The lowest BCUT2D eigenvalue weighted by Gasteiger charge is -2.27. The smallest absolute Gasteiger partial charge is 0.402 e. The highest BCUT2D eigenvalue weighted by Crippen LogP contribution is 2.13. The summed E-state index contributed by atoms with van der Waals surface area (Å²) in [6.07, 6.45) is -2.89. The first-order valence-electron chi connectivity index (χ1n) is 8.67. The number of nitrogens with one attached hydrogen (secondary N) is 1. The van der Waals surface area contributed by atoms with E-state index in [0.717, 1.165) is 0 Å².